The highest BCUT2D eigenvalue weighted by atomic mass is 16.5. The van der Waals surface area contributed by atoms with Crippen molar-refractivity contribution in [3.63, 3.8) is 0 Å². The average molecular weight is 190 g/mol. The molecule has 6 saturated carbocycles. The van der Waals surface area contributed by atoms with Gasteiger partial charge in [-0.15, -0.1) is 0 Å². The topological polar surface area (TPSA) is 26.3 Å². The van der Waals surface area contributed by atoms with E-state index in [4.69, 9.17) is 4.74 Å². The second-order valence-electron chi connectivity index (χ2n) is 6.14. The smallest absolute Gasteiger partial charge is 0.136 e. The van der Waals surface area contributed by atoms with E-state index >= 15 is 0 Å². The summed E-state index contributed by atoms with van der Waals surface area (Å²) in [6, 6.07) is 0. The van der Waals surface area contributed by atoms with Crippen LogP contribution < -0.4 is 0 Å². The Morgan fingerprint density at radius 3 is 2.86 bits per heavy atom. The van der Waals surface area contributed by atoms with Gasteiger partial charge in [0.1, 0.15) is 5.78 Å². The number of rotatable bonds is 2. The van der Waals surface area contributed by atoms with Crippen molar-refractivity contribution in [2.75, 3.05) is 13.7 Å². The number of Topliss-reactive ketones (excluding diaryl/α,β-unsaturated/α-hetero) is 1. The number of carbonyl (C=O) groups is 1. The molecule has 6 aliphatic carbocycles. The quantitative estimate of drug-likeness (QED) is 0.648. The van der Waals surface area contributed by atoms with Gasteiger partial charge in [-0.25, -0.2) is 0 Å². The van der Waals surface area contributed by atoms with E-state index in [1.165, 1.54) is 0 Å². The summed E-state index contributed by atoms with van der Waals surface area (Å²) in [5, 5.41) is 0. The first-order valence-electron chi connectivity index (χ1n) is 5.84. The molecule has 0 radical (unpaired) electrons. The van der Waals surface area contributed by atoms with E-state index in [-0.39, 0.29) is 0 Å². The molecule has 6 aliphatic rings. The zero-order chi connectivity index (χ0) is 9.24. The molecule has 6 fully saturated rings. The molecule has 14 heavy (non-hydrogen) atoms. The molecule has 0 heterocycles. The monoisotopic (exact) mass is 190 g/mol. The van der Waals surface area contributed by atoms with E-state index in [1.54, 1.807) is 0 Å². The summed E-state index contributed by atoms with van der Waals surface area (Å²) >= 11 is 0. The van der Waals surface area contributed by atoms with Gasteiger partial charge in [0.15, 0.2) is 0 Å². The summed E-state index contributed by atoms with van der Waals surface area (Å²) < 4.78 is 5.41. The maximum Gasteiger partial charge on any atom is 0.136 e. The Balaban J connectivity index is 1.69. The molecular weight excluding hydrogens is 176 g/mol. The fraction of sp³-hybridized carbons (Fsp3) is 0.917. The van der Waals surface area contributed by atoms with Gasteiger partial charge >= 0.3 is 0 Å². The third-order valence-electron chi connectivity index (χ3n) is 6.23. The Morgan fingerprint density at radius 2 is 2.21 bits per heavy atom. The van der Waals surface area contributed by atoms with Crippen LogP contribution in [0.25, 0.3) is 0 Å². The second-order valence-corrected chi connectivity index (χ2v) is 6.14. The first-order valence-corrected chi connectivity index (χ1v) is 5.84. The van der Waals surface area contributed by atoms with E-state index in [2.05, 4.69) is 0 Å². The highest BCUT2D eigenvalue weighted by Crippen LogP contribution is 2.96. The summed E-state index contributed by atoms with van der Waals surface area (Å²) in [5.74, 6) is 6.28. The maximum atomic E-state index is 11.8. The molecule has 0 saturated heterocycles. The molecule has 0 aromatic rings. The minimum atomic E-state index is 0.496. The van der Waals surface area contributed by atoms with E-state index in [9.17, 15) is 4.79 Å². The predicted octanol–water partition coefficient (Wildman–Crippen LogP) is 0.960. The van der Waals surface area contributed by atoms with Gasteiger partial charge in [0.05, 0.1) is 6.61 Å². The summed E-state index contributed by atoms with van der Waals surface area (Å²) in [7, 11) is 1.82. The first-order chi connectivity index (χ1) is 6.82. The molecular formula is C12H14O2. The van der Waals surface area contributed by atoms with Crippen molar-refractivity contribution >= 4 is 5.78 Å². The van der Waals surface area contributed by atoms with Crippen LogP contribution in [-0.4, -0.2) is 19.5 Å². The standard InChI is InChI=1S/C12H14O2/c1-14-3-12-9-4-2-5(13)7(11(9)12)8-6(4)10(8)12/h4,6-11H,2-3H2,1H3. The molecule has 0 N–H and O–H groups in total. The van der Waals surface area contributed by atoms with Crippen molar-refractivity contribution in [3.05, 3.63) is 0 Å². The van der Waals surface area contributed by atoms with E-state index < -0.39 is 0 Å². The van der Waals surface area contributed by atoms with Crippen LogP contribution >= 0.6 is 0 Å². The highest BCUT2D eigenvalue weighted by Gasteiger charge is 2.96. The number of ether oxygens (including phenoxy) is 1. The lowest BCUT2D eigenvalue weighted by molar-refractivity contribution is -0.130. The molecule has 6 rings (SSSR count). The SMILES string of the molecule is COCC12C3C4C5CC(=O)C(C43)C1C52. The minimum Gasteiger partial charge on any atom is -0.384 e. The van der Waals surface area contributed by atoms with Crippen molar-refractivity contribution in [1.82, 2.24) is 0 Å². The Hall–Kier alpha value is -0.370. The number of hydrogen-bond acceptors (Lipinski definition) is 2. The summed E-state index contributed by atoms with van der Waals surface area (Å²) in [4.78, 5) is 11.8. The van der Waals surface area contributed by atoms with Gasteiger partial charge in [0.25, 0.3) is 0 Å². The zero-order valence-electron chi connectivity index (χ0n) is 8.27. The zero-order valence-corrected chi connectivity index (χ0v) is 8.27. The van der Waals surface area contributed by atoms with Gasteiger partial charge in [-0.05, 0) is 35.5 Å². The van der Waals surface area contributed by atoms with Crippen LogP contribution in [0.3, 0.4) is 0 Å². The molecule has 74 valence electrons. The van der Waals surface area contributed by atoms with Gasteiger partial charge in [-0.3, -0.25) is 4.79 Å². The number of hydrogen-bond donors (Lipinski definition) is 0. The third-order valence-corrected chi connectivity index (χ3v) is 6.23. The van der Waals surface area contributed by atoms with Crippen LogP contribution in [0.4, 0.5) is 0 Å². The molecule has 0 aromatic carbocycles. The Labute approximate surface area is 83.0 Å². The van der Waals surface area contributed by atoms with E-state index in [0.29, 0.717) is 17.1 Å². The normalized spacial score (nSPS) is 74.1. The van der Waals surface area contributed by atoms with Gasteiger partial charge in [-0.1, -0.05) is 0 Å². The molecule has 0 aliphatic heterocycles. The van der Waals surface area contributed by atoms with Gasteiger partial charge < -0.3 is 4.74 Å². The fourth-order valence-corrected chi connectivity index (χ4v) is 6.34. The van der Waals surface area contributed by atoms with Crippen LogP contribution in [0.15, 0.2) is 0 Å². The lowest BCUT2D eigenvalue weighted by Crippen LogP contribution is -2.35. The van der Waals surface area contributed by atoms with Crippen LogP contribution in [0.5, 0.6) is 0 Å². The molecule has 8 unspecified atom stereocenters. The third kappa shape index (κ3) is 0.396. The number of carbonyl (C=O) groups excluding carboxylic acids is 1. The van der Waals surface area contributed by atoms with Crippen LogP contribution in [0.1, 0.15) is 6.42 Å². The van der Waals surface area contributed by atoms with Crippen molar-refractivity contribution in [1.29, 1.82) is 0 Å². The molecule has 2 bridgehead atoms. The van der Waals surface area contributed by atoms with Crippen LogP contribution in [0.2, 0.25) is 0 Å². The Kier molecular flexibility index (Phi) is 0.802. The fourth-order valence-electron chi connectivity index (χ4n) is 6.34. The van der Waals surface area contributed by atoms with Crippen molar-refractivity contribution in [2.24, 2.45) is 46.8 Å². The summed E-state index contributed by atoms with van der Waals surface area (Å²) in [5.41, 5.74) is 0.519. The molecule has 2 heteroatoms. The van der Waals surface area contributed by atoms with Crippen molar-refractivity contribution < 1.29 is 9.53 Å². The van der Waals surface area contributed by atoms with Crippen LogP contribution in [-0.2, 0) is 9.53 Å². The van der Waals surface area contributed by atoms with E-state index in [1.807, 2.05) is 7.11 Å². The molecule has 0 spiro atoms. The van der Waals surface area contributed by atoms with Crippen molar-refractivity contribution in [2.45, 2.75) is 6.42 Å². The lowest BCUT2D eigenvalue weighted by Gasteiger charge is -2.32. The maximum absolute atomic E-state index is 11.8. The molecule has 0 aromatic heterocycles. The van der Waals surface area contributed by atoms with Gasteiger partial charge in [-0.2, -0.15) is 0 Å². The number of methoxy groups -OCH3 is 1. The molecule has 0 amide bonds. The predicted molar refractivity (Wildman–Crippen MR) is 48.4 cm³/mol. The van der Waals surface area contributed by atoms with Crippen LogP contribution in [0, 0.1) is 46.8 Å². The summed E-state index contributed by atoms with van der Waals surface area (Å²) in [6.07, 6.45) is 0.926. The number of fused-ring (bicyclic) bond motifs is 1. The largest absolute Gasteiger partial charge is 0.384 e. The lowest BCUT2D eigenvalue weighted by atomic mass is 9.70. The Morgan fingerprint density at radius 1 is 1.36 bits per heavy atom. The van der Waals surface area contributed by atoms with E-state index in [0.717, 1.165) is 48.5 Å². The first kappa shape index (κ1) is 7.00. The minimum absolute atomic E-state index is 0.496. The second kappa shape index (κ2) is 1.60. The average Bonchev–Trinajstić information content (AvgIpc) is 2.98. The molecule has 8 atom stereocenters. The van der Waals surface area contributed by atoms with Gasteiger partial charge in [0, 0.05) is 24.9 Å². The summed E-state index contributed by atoms with van der Waals surface area (Å²) in [6.45, 7) is 0.945. The highest BCUT2D eigenvalue weighted by molar-refractivity contribution is 5.88. The number of ketones is 1. The van der Waals surface area contributed by atoms with Crippen molar-refractivity contribution in [3.8, 4) is 0 Å². The van der Waals surface area contributed by atoms with Gasteiger partial charge in [0.2, 0.25) is 0 Å². The Bertz CT molecular complexity index is 373. The molecule has 2 nitrogen and oxygen atoms in total.